The van der Waals surface area contributed by atoms with Crippen molar-refractivity contribution in [3.05, 3.63) is 64.8 Å². The number of nitrogens with one attached hydrogen (secondary N) is 1. The zero-order valence-electron chi connectivity index (χ0n) is 16.4. The average Bonchev–Trinajstić information content (AvgIpc) is 2.72. The van der Waals surface area contributed by atoms with Crippen molar-refractivity contribution in [2.75, 3.05) is 23.9 Å². The summed E-state index contributed by atoms with van der Waals surface area (Å²) in [5.74, 6) is 0.464. The third kappa shape index (κ3) is 5.41. The van der Waals surface area contributed by atoms with Gasteiger partial charge in [-0.15, -0.1) is 0 Å². The largest absolute Gasteiger partial charge is 0.494 e. The molecule has 0 radical (unpaired) electrons. The van der Waals surface area contributed by atoms with Gasteiger partial charge in [-0.25, -0.2) is 4.98 Å². The highest BCUT2D eigenvalue weighted by molar-refractivity contribution is 9.10. The van der Waals surface area contributed by atoms with Gasteiger partial charge >= 0.3 is 6.18 Å². The Morgan fingerprint density at radius 1 is 1.07 bits per heavy atom. The lowest BCUT2D eigenvalue weighted by atomic mass is 10.2. The van der Waals surface area contributed by atoms with Gasteiger partial charge in [0.25, 0.3) is 0 Å². The number of anilines is 4. The zero-order chi connectivity index (χ0) is 21.7. The van der Waals surface area contributed by atoms with E-state index < -0.39 is 11.7 Å². The lowest BCUT2D eigenvalue weighted by Crippen LogP contribution is -2.17. The molecule has 2 aromatic carbocycles. The highest BCUT2D eigenvalue weighted by atomic mass is 79.9. The van der Waals surface area contributed by atoms with Crippen molar-refractivity contribution in [2.24, 2.45) is 0 Å². The molecule has 0 unspecified atom stereocenters. The first-order chi connectivity index (χ1) is 14.3. The molecule has 0 aliphatic carbocycles. The van der Waals surface area contributed by atoms with E-state index in [1.54, 1.807) is 36.2 Å². The Kier molecular flexibility index (Phi) is 6.81. The second-order valence-corrected chi connectivity index (χ2v) is 7.38. The number of ether oxygens (including phenoxy) is 1. The van der Waals surface area contributed by atoms with Gasteiger partial charge in [-0.2, -0.15) is 18.2 Å². The van der Waals surface area contributed by atoms with E-state index in [1.807, 2.05) is 31.2 Å². The molecule has 158 valence electrons. The second-order valence-electron chi connectivity index (χ2n) is 6.46. The van der Waals surface area contributed by atoms with Crippen LogP contribution in [0.1, 0.15) is 18.9 Å². The summed E-state index contributed by atoms with van der Waals surface area (Å²) in [5.41, 5.74) is 0.253. The molecule has 9 heteroatoms. The van der Waals surface area contributed by atoms with Gasteiger partial charge in [0, 0.05) is 29.1 Å². The van der Waals surface area contributed by atoms with Gasteiger partial charge in [-0.05, 0) is 55.0 Å². The summed E-state index contributed by atoms with van der Waals surface area (Å²) in [7, 11) is 1.69. The molecular formula is C21H20BrF3N4O. The van der Waals surface area contributed by atoms with Crippen molar-refractivity contribution in [2.45, 2.75) is 19.5 Å². The van der Waals surface area contributed by atoms with Gasteiger partial charge in [0.1, 0.15) is 17.1 Å². The zero-order valence-corrected chi connectivity index (χ0v) is 18.0. The molecule has 0 aliphatic heterocycles. The van der Waals surface area contributed by atoms with Crippen molar-refractivity contribution in [1.29, 1.82) is 0 Å². The van der Waals surface area contributed by atoms with Gasteiger partial charge in [-0.1, -0.05) is 22.9 Å². The van der Waals surface area contributed by atoms with E-state index in [1.165, 1.54) is 0 Å². The summed E-state index contributed by atoms with van der Waals surface area (Å²) < 4.78 is 46.9. The summed E-state index contributed by atoms with van der Waals surface area (Å²) in [4.78, 5) is 9.67. The van der Waals surface area contributed by atoms with Crippen molar-refractivity contribution in [3.63, 3.8) is 0 Å². The molecule has 1 heterocycles. The van der Waals surface area contributed by atoms with Gasteiger partial charge in [0.05, 0.1) is 6.61 Å². The maximum atomic E-state index is 13.5. The van der Waals surface area contributed by atoms with E-state index in [2.05, 4.69) is 31.2 Å². The monoisotopic (exact) mass is 480 g/mol. The van der Waals surface area contributed by atoms with Crippen LogP contribution in [-0.4, -0.2) is 23.6 Å². The lowest BCUT2D eigenvalue weighted by molar-refractivity contribution is -0.137. The standard InChI is InChI=1S/C21H20BrF3N4O/c1-3-12-30-17-10-6-15(7-11-17)27-19-18(21(23,24)25)13-26-20(28-19)29(2)16-8-4-14(22)5-9-16/h4-11,13H,3,12H2,1-2H3,(H,26,27,28). The van der Waals surface area contributed by atoms with E-state index in [4.69, 9.17) is 4.74 Å². The maximum absolute atomic E-state index is 13.5. The molecule has 0 aliphatic rings. The minimum atomic E-state index is -4.60. The van der Waals surface area contributed by atoms with Crippen LogP contribution in [0.3, 0.4) is 0 Å². The Hall–Kier alpha value is -2.81. The molecule has 3 rings (SSSR count). The molecule has 1 aromatic heterocycles. The van der Waals surface area contributed by atoms with Crippen LogP contribution in [0.2, 0.25) is 0 Å². The Bertz CT molecular complexity index is 979. The highest BCUT2D eigenvalue weighted by Gasteiger charge is 2.35. The number of aromatic nitrogens is 2. The van der Waals surface area contributed by atoms with Crippen molar-refractivity contribution < 1.29 is 17.9 Å². The number of nitrogens with zero attached hydrogens (tertiary/aromatic N) is 3. The van der Waals surface area contributed by atoms with Gasteiger partial charge < -0.3 is 15.0 Å². The third-order valence-corrected chi connectivity index (χ3v) is 4.71. The normalized spacial score (nSPS) is 11.3. The molecule has 30 heavy (non-hydrogen) atoms. The average molecular weight is 481 g/mol. The first kappa shape index (κ1) is 21.9. The molecule has 0 saturated heterocycles. The quantitative estimate of drug-likeness (QED) is 0.414. The van der Waals surface area contributed by atoms with E-state index >= 15 is 0 Å². The van der Waals surface area contributed by atoms with Crippen LogP contribution < -0.4 is 15.0 Å². The smallest absolute Gasteiger partial charge is 0.421 e. The molecule has 0 spiro atoms. The van der Waals surface area contributed by atoms with Gasteiger partial charge in [0.2, 0.25) is 5.95 Å². The summed E-state index contributed by atoms with van der Waals surface area (Å²) in [6, 6.07) is 14.0. The number of halogens is 4. The molecule has 1 N–H and O–H groups in total. The summed E-state index contributed by atoms with van der Waals surface area (Å²) in [6.45, 7) is 2.56. The first-order valence-electron chi connectivity index (χ1n) is 9.21. The molecule has 5 nitrogen and oxygen atoms in total. The van der Waals surface area contributed by atoms with E-state index in [0.717, 1.165) is 22.8 Å². The van der Waals surface area contributed by atoms with Crippen LogP contribution in [0.15, 0.2) is 59.2 Å². The van der Waals surface area contributed by atoms with Gasteiger partial charge in [0.15, 0.2) is 0 Å². The number of hydrogen-bond acceptors (Lipinski definition) is 5. The van der Waals surface area contributed by atoms with Crippen LogP contribution in [0.25, 0.3) is 0 Å². The number of hydrogen-bond donors (Lipinski definition) is 1. The van der Waals surface area contributed by atoms with Gasteiger partial charge in [-0.3, -0.25) is 0 Å². The predicted octanol–water partition coefficient (Wildman–Crippen LogP) is 6.56. The summed E-state index contributed by atoms with van der Waals surface area (Å²) >= 11 is 3.36. The maximum Gasteiger partial charge on any atom is 0.421 e. The minimum absolute atomic E-state index is 0.135. The number of alkyl halides is 3. The Morgan fingerprint density at radius 2 is 1.73 bits per heavy atom. The molecule has 0 saturated carbocycles. The van der Waals surface area contributed by atoms with Crippen LogP contribution in [-0.2, 0) is 6.18 Å². The van der Waals surface area contributed by atoms with Crippen molar-refractivity contribution in [1.82, 2.24) is 9.97 Å². The van der Waals surface area contributed by atoms with Crippen molar-refractivity contribution in [3.8, 4) is 5.75 Å². The first-order valence-corrected chi connectivity index (χ1v) is 10.0. The third-order valence-electron chi connectivity index (χ3n) is 4.19. The Balaban J connectivity index is 1.90. The number of benzene rings is 2. The fourth-order valence-corrected chi connectivity index (χ4v) is 2.87. The lowest BCUT2D eigenvalue weighted by Gasteiger charge is -2.20. The van der Waals surface area contributed by atoms with Crippen LogP contribution in [0.4, 0.5) is 36.3 Å². The van der Waals surface area contributed by atoms with E-state index in [0.29, 0.717) is 18.0 Å². The summed E-state index contributed by atoms with van der Waals surface area (Å²) in [6.07, 6.45) is -2.94. The molecule has 0 fully saturated rings. The molecule has 0 atom stereocenters. The fourth-order valence-electron chi connectivity index (χ4n) is 2.61. The van der Waals surface area contributed by atoms with Crippen LogP contribution in [0, 0.1) is 0 Å². The fraction of sp³-hybridized carbons (Fsp3) is 0.238. The SMILES string of the molecule is CCCOc1ccc(Nc2nc(N(C)c3ccc(Br)cc3)ncc2C(F)(F)F)cc1. The molecule has 0 amide bonds. The summed E-state index contributed by atoms with van der Waals surface area (Å²) in [5, 5.41) is 2.76. The molecule has 3 aromatic rings. The van der Waals surface area contributed by atoms with Crippen LogP contribution in [0.5, 0.6) is 5.75 Å². The Labute approximate surface area is 181 Å². The minimum Gasteiger partial charge on any atom is -0.494 e. The molecular weight excluding hydrogens is 461 g/mol. The van der Waals surface area contributed by atoms with Crippen LogP contribution >= 0.6 is 15.9 Å². The second kappa shape index (κ2) is 9.34. The molecule has 0 bridgehead atoms. The predicted molar refractivity (Wildman–Crippen MR) is 115 cm³/mol. The van der Waals surface area contributed by atoms with E-state index in [9.17, 15) is 13.2 Å². The van der Waals surface area contributed by atoms with Crippen molar-refractivity contribution >= 4 is 39.1 Å². The highest BCUT2D eigenvalue weighted by Crippen LogP contribution is 2.36. The number of rotatable bonds is 7. The Morgan fingerprint density at radius 3 is 2.33 bits per heavy atom. The van der Waals surface area contributed by atoms with E-state index in [-0.39, 0.29) is 11.8 Å². The topological polar surface area (TPSA) is 50.3 Å².